The monoisotopic (exact) mass is 931 g/mol. The summed E-state index contributed by atoms with van der Waals surface area (Å²) in [6.45, 7) is 25.5. The normalized spacial score (nSPS) is 14.0. The van der Waals surface area contributed by atoms with Gasteiger partial charge in [-0.05, 0) is 51.4 Å². The zero-order chi connectivity index (χ0) is 46.8. The predicted octanol–water partition coefficient (Wildman–Crippen LogP) is 8.13. The van der Waals surface area contributed by atoms with E-state index in [1.165, 1.54) is 0 Å². The topological polar surface area (TPSA) is 148 Å². The zero-order valence-electron chi connectivity index (χ0n) is 42.0. The van der Waals surface area contributed by atoms with E-state index in [0.29, 0.717) is 106 Å². The van der Waals surface area contributed by atoms with Crippen LogP contribution in [0, 0.1) is 0 Å². The number of ether oxygens (including phenoxy) is 12. The summed E-state index contributed by atoms with van der Waals surface area (Å²) in [5, 5.41) is 0. The third kappa shape index (κ3) is 41.5. The van der Waals surface area contributed by atoms with Crippen LogP contribution in [0.1, 0.15) is 132 Å². The van der Waals surface area contributed by atoms with E-state index in [4.69, 9.17) is 76.4 Å². The highest BCUT2D eigenvalue weighted by atomic mass is 17.2. The van der Waals surface area contributed by atoms with E-state index in [9.17, 15) is 0 Å². The lowest BCUT2D eigenvalue weighted by molar-refractivity contribution is -0.318. The minimum absolute atomic E-state index is 0.0717. The molecule has 0 aliphatic rings. The van der Waals surface area contributed by atoms with Crippen molar-refractivity contribution in [2.24, 2.45) is 0 Å². The fourth-order valence-electron chi connectivity index (χ4n) is 5.50. The fraction of sp³-hybridized carbons (Fsp3) is 1.00. The molecule has 0 bridgehead atoms. The van der Waals surface area contributed by atoms with Crippen molar-refractivity contribution in [2.45, 2.75) is 169 Å². The number of unbranched alkanes of at least 4 members (excludes halogenated alkanes) is 4. The van der Waals surface area contributed by atoms with Crippen molar-refractivity contribution in [3.05, 3.63) is 0 Å². The zero-order valence-corrected chi connectivity index (χ0v) is 42.0. The van der Waals surface area contributed by atoms with Gasteiger partial charge >= 0.3 is 0 Å². The molecule has 0 N–H and O–H groups in total. The van der Waals surface area contributed by atoms with Gasteiger partial charge in [-0.25, -0.2) is 19.6 Å². The molecule has 0 radical (unpaired) electrons. The van der Waals surface area contributed by atoms with Crippen LogP contribution in [0.5, 0.6) is 0 Å². The van der Waals surface area contributed by atoms with Crippen molar-refractivity contribution in [3.8, 4) is 0 Å². The molecule has 0 saturated carbocycles. The van der Waals surface area contributed by atoms with Crippen molar-refractivity contribution in [1.82, 2.24) is 0 Å². The molecular formula is C48H98O16. The first kappa shape index (κ1) is 63.4. The summed E-state index contributed by atoms with van der Waals surface area (Å²) in [6.07, 6.45) is 8.11. The molecule has 0 aliphatic carbocycles. The van der Waals surface area contributed by atoms with Crippen molar-refractivity contribution >= 4 is 0 Å². The molecule has 16 nitrogen and oxygen atoms in total. The molecule has 16 heteroatoms. The number of hydrogen-bond donors (Lipinski definition) is 0. The summed E-state index contributed by atoms with van der Waals surface area (Å²) in [5.41, 5.74) is 0. The highest BCUT2D eigenvalue weighted by Gasteiger charge is 2.32. The lowest BCUT2D eigenvalue weighted by Crippen LogP contribution is -2.48. The van der Waals surface area contributed by atoms with Gasteiger partial charge in [-0.15, -0.1) is 0 Å². The molecule has 4 atom stereocenters. The minimum Gasteiger partial charge on any atom is -0.379 e. The van der Waals surface area contributed by atoms with Crippen molar-refractivity contribution in [2.75, 3.05) is 145 Å². The second-order valence-electron chi connectivity index (χ2n) is 15.8. The van der Waals surface area contributed by atoms with Gasteiger partial charge in [0.2, 0.25) is 0 Å². The van der Waals surface area contributed by atoms with Gasteiger partial charge < -0.3 is 56.8 Å². The summed E-state index contributed by atoms with van der Waals surface area (Å²) in [6, 6.07) is 0. The predicted molar refractivity (Wildman–Crippen MR) is 248 cm³/mol. The van der Waals surface area contributed by atoms with E-state index < -0.39 is 30.5 Å². The third-order valence-corrected chi connectivity index (χ3v) is 9.22. The highest BCUT2D eigenvalue weighted by molar-refractivity contribution is 4.78. The smallest absolute Gasteiger partial charge is 0.111 e. The van der Waals surface area contributed by atoms with Crippen LogP contribution in [0.4, 0.5) is 0 Å². The van der Waals surface area contributed by atoms with Crippen LogP contribution in [0.15, 0.2) is 0 Å². The molecule has 64 heavy (non-hydrogen) atoms. The molecule has 0 amide bonds. The van der Waals surface area contributed by atoms with Gasteiger partial charge in [-0.3, -0.25) is 0 Å². The Hall–Kier alpha value is -0.640. The second-order valence-corrected chi connectivity index (χ2v) is 15.8. The lowest BCUT2D eigenvalue weighted by Gasteiger charge is -2.34. The van der Waals surface area contributed by atoms with Gasteiger partial charge in [0.15, 0.2) is 0 Å². The highest BCUT2D eigenvalue weighted by Crippen LogP contribution is 2.17. The van der Waals surface area contributed by atoms with E-state index in [2.05, 4.69) is 41.5 Å². The van der Waals surface area contributed by atoms with Crippen LogP contribution in [0.2, 0.25) is 0 Å². The van der Waals surface area contributed by atoms with Crippen molar-refractivity contribution in [3.63, 3.8) is 0 Å². The van der Waals surface area contributed by atoms with Crippen LogP contribution in [-0.2, 0) is 76.4 Å². The first-order chi connectivity index (χ1) is 31.5. The Morgan fingerprint density at radius 1 is 0.234 bits per heavy atom. The number of rotatable bonds is 55. The molecule has 0 aromatic rings. The van der Waals surface area contributed by atoms with E-state index in [-0.39, 0.29) is 45.7 Å². The molecule has 0 spiro atoms. The van der Waals surface area contributed by atoms with E-state index in [1.54, 1.807) is 0 Å². The van der Waals surface area contributed by atoms with Crippen molar-refractivity contribution in [1.29, 1.82) is 0 Å². The quantitative estimate of drug-likeness (QED) is 0.0328. The average Bonchev–Trinajstić information content (AvgIpc) is 3.30. The van der Waals surface area contributed by atoms with Crippen molar-refractivity contribution < 1.29 is 76.4 Å². The standard InChI is InChI=1S/C48H98O16/c1-9-17-25-51-33-43(34-52-26-18-10-2)57-41-47(63-45(36-53-27-19-11-3)37-54-28-20-12-4)48(64-46(40-62-60-24-16-8)38-56-32-30-50-22-14-6)42-58-44(39-61-59-23-15-7)35-55-31-29-49-21-13-5/h43-48H,9-42H2,1-8H3. The first-order valence-corrected chi connectivity index (χ1v) is 25.2. The van der Waals surface area contributed by atoms with Gasteiger partial charge in [-0.2, -0.15) is 0 Å². The molecular weight excluding hydrogens is 833 g/mol. The summed E-state index contributed by atoms with van der Waals surface area (Å²) in [4.78, 5) is 22.2. The fourth-order valence-corrected chi connectivity index (χ4v) is 5.50. The van der Waals surface area contributed by atoms with E-state index in [1.807, 2.05) is 13.8 Å². The Labute approximate surface area is 390 Å². The summed E-state index contributed by atoms with van der Waals surface area (Å²) in [7, 11) is 0. The Morgan fingerprint density at radius 2 is 0.531 bits per heavy atom. The van der Waals surface area contributed by atoms with Crippen LogP contribution >= 0.6 is 0 Å². The Balaban J connectivity index is 6.93. The molecule has 4 unspecified atom stereocenters. The maximum absolute atomic E-state index is 7.01. The van der Waals surface area contributed by atoms with E-state index >= 15 is 0 Å². The molecule has 386 valence electrons. The van der Waals surface area contributed by atoms with Gasteiger partial charge in [-0.1, -0.05) is 81.1 Å². The number of hydrogen-bond acceptors (Lipinski definition) is 16. The Morgan fingerprint density at radius 3 is 0.891 bits per heavy atom. The Bertz CT molecular complexity index is 856. The van der Waals surface area contributed by atoms with Gasteiger partial charge in [0.05, 0.1) is 92.5 Å². The molecule has 0 rings (SSSR count). The summed E-state index contributed by atoms with van der Waals surface area (Å²) >= 11 is 0. The minimum atomic E-state index is -0.719. The van der Waals surface area contributed by atoms with Gasteiger partial charge in [0.1, 0.15) is 49.8 Å². The molecule has 0 aliphatic heterocycles. The molecule has 0 aromatic heterocycles. The maximum Gasteiger partial charge on any atom is 0.111 e. The van der Waals surface area contributed by atoms with Gasteiger partial charge in [0, 0.05) is 39.6 Å². The van der Waals surface area contributed by atoms with Crippen LogP contribution in [-0.4, -0.2) is 182 Å². The molecule has 0 fully saturated rings. The first-order valence-electron chi connectivity index (χ1n) is 25.2. The van der Waals surface area contributed by atoms with Crippen LogP contribution in [0.3, 0.4) is 0 Å². The van der Waals surface area contributed by atoms with Crippen LogP contribution < -0.4 is 0 Å². The maximum atomic E-state index is 7.01. The largest absolute Gasteiger partial charge is 0.379 e. The Kier molecular flexibility index (Phi) is 51.2. The molecule has 0 aromatic carbocycles. The van der Waals surface area contributed by atoms with Gasteiger partial charge in [0.25, 0.3) is 0 Å². The lowest BCUT2D eigenvalue weighted by atomic mass is 10.2. The molecule has 0 heterocycles. The average molecular weight is 931 g/mol. The SMILES string of the molecule is CCCCOCC(COCCCC)OCC(OC(COCCCC)COCCCC)C(COC(COCCOCCC)COOCCC)OC(COCCOCCC)COOCCC. The third-order valence-electron chi connectivity index (χ3n) is 9.22. The van der Waals surface area contributed by atoms with Crippen LogP contribution in [0.25, 0.3) is 0 Å². The summed E-state index contributed by atoms with van der Waals surface area (Å²) in [5.74, 6) is 0. The molecule has 0 saturated heterocycles. The van der Waals surface area contributed by atoms with E-state index in [0.717, 1.165) is 77.0 Å². The summed E-state index contributed by atoms with van der Waals surface area (Å²) < 4.78 is 75.2. The second kappa shape index (κ2) is 51.7.